The number of carbonyl (C=O) groups excluding carboxylic acids is 1. The van der Waals surface area contributed by atoms with Crippen LogP contribution in [0, 0.1) is 11.8 Å². The van der Waals surface area contributed by atoms with E-state index in [4.69, 9.17) is 0 Å². The molecule has 0 spiro atoms. The highest BCUT2D eigenvalue weighted by Crippen LogP contribution is 2.28. The molecule has 3 heterocycles. The Morgan fingerprint density at radius 2 is 2.22 bits per heavy atom. The number of piperidine rings is 1. The molecule has 2 aromatic rings. The third-order valence-corrected chi connectivity index (χ3v) is 5.27. The van der Waals surface area contributed by atoms with Crippen molar-refractivity contribution in [1.29, 1.82) is 0 Å². The van der Waals surface area contributed by atoms with E-state index in [1.807, 2.05) is 23.8 Å². The van der Waals surface area contributed by atoms with Crippen molar-refractivity contribution >= 4 is 39.8 Å². The molecule has 0 aliphatic carbocycles. The summed E-state index contributed by atoms with van der Waals surface area (Å²) < 4.78 is 0. The van der Waals surface area contributed by atoms with Crippen LogP contribution >= 0.6 is 22.7 Å². The van der Waals surface area contributed by atoms with E-state index in [1.54, 1.807) is 16.2 Å². The lowest BCUT2D eigenvalue weighted by atomic mass is 9.91. The second-order valence-electron chi connectivity index (χ2n) is 5.64. The molecule has 0 bridgehead atoms. The Bertz CT molecular complexity index is 701. The number of carboxylic acids is 1. The lowest BCUT2D eigenvalue weighted by Crippen LogP contribution is -2.47. The Morgan fingerprint density at radius 3 is 2.91 bits per heavy atom. The van der Waals surface area contributed by atoms with E-state index in [0.717, 1.165) is 10.6 Å². The minimum atomic E-state index is -0.856. The van der Waals surface area contributed by atoms with Crippen LogP contribution in [0.2, 0.25) is 0 Å². The third-order valence-electron chi connectivity index (χ3n) is 3.70. The molecule has 2 unspecified atom stereocenters. The van der Waals surface area contributed by atoms with Gasteiger partial charge in [-0.15, -0.1) is 10.2 Å². The van der Waals surface area contributed by atoms with Crippen LogP contribution in [-0.4, -0.2) is 45.3 Å². The van der Waals surface area contributed by atoms with E-state index in [0.29, 0.717) is 18.1 Å². The quantitative estimate of drug-likeness (QED) is 0.885. The molecule has 1 fully saturated rings. The van der Waals surface area contributed by atoms with Crippen LogP contribution in [0.15, 0.2) is 16.8 Å². The van der Waals surface area contributed by atoms with Crippen molar-refractivity contribution in [3.63, 3.8) is 0 Å². The molecule has 0 radical (unpaired) electrons. The summed E-state index contributed by atoms with van der Waals surface area (Å²) in [5.74, 6) is -1.21. The van der Waals surface area contributed by atoms with E-state index < -0.39 is 11.9 Å². The number of nitrogens with zero attached hydrogens (tertiary/aromatic N) is 3. The summed E-state index contributed by atoms with van der Waals surface area (Å²) in [5, 5.41) is 25.0. The number of aromatic nitrogens is 2. The Kier molecular flexibility index (Phi) is 4.58. The average molecular weight is 352 g/mol. The Morgan fingerprint density at radius 1 is 1.39 bits per heavy atom. The van der Waals surface area contributed by atoms with Crippen molar-refractivity contribution < 1.29 is 14.7 Å². The molecule has 2 amide bonds. The first kappa shape index (κ1) is 15.9. The number of hydrogen-bond acceptors (Lipinski definition) is 6. The maximum absolute atomic E-state index is 12.3. The molecular formula is C14H16N4O3S2. The van der Waals surface area contributed by atoms with Crippen molar-refractivity contribution in [2.45, 2.75) is 13.3 Å². The monoisotopic (exact) mass is 352 g/mol. The molecule has 7 nitrogen and oxygen atoms in total. The molecule has 0 aromatic carbocycles. The van der Waals surface area contributed by atoms with Crippen LogP contribution < -0.4 is 5.32 Å². The minimum Gasteiger partial charge on any atom is -0.481 e. The van der Waals surface area contributed by atoms with Crippen LogP contribution in [0.4, 0.5) is 9.93 Å². The summed E-state index contributed by atoms with van der Waals surface area (Å²) in [6.07, 6.45) is 0.597. The summed E-state index contributed by atoms with van der Waals surface area (Å²) >= 11 is 2.87. The van der Waals surface area contributed by atoms with Gasteiger partial charge in [0.05, 0.1) is 5.92 Å². The number of carboxylic acid groups (broad SMARTS) is 1. The topological polar surface area (TPSA) is 95.4 Å². The van der Waals surface area contributed by atoms with Crippen molar-refractivity contribution in [3.05, 3.63) is 16.8 Å². The predicted molar refractivity (Wildman–Crippen MR) is 88.7 cm³/mol. The summed E-state index contributed by atoms with van der Waals surface area (Å²) in [5.41, 5.74) is 0.977. The number of urea groups is 1. The van der Waals surface area contributed by atoms with Gasteiger partial charge in [-0.25, -0.2) is 4.79 Å². The average Bonchev–Trinajstić information content (AvgIpc) is 3.17. The van der Waals surface area contributed by atoms with Gasteiger partial charge in [-0.1, -0.05) is 18.3 Å². The standard InChI is InChI=1S/C14H16N4O3S2/c1-8-4-10(12(19)20)6-18(5-8)14(21)15-13-17-16-11(23-13)9-2-3-22-7-9/h2-3,7-8,10H,4-6H2,1H3,(H,19,20)(H,15,17,21). The Hall–Kier alpha value is -2.00. The van der Waals surface area contributed by atoms with Crippen molar-refractivity contribution in [3.8, 4) is 10.6 Å². The third kappa shape index (κ3) is 3.67. The van der Waals surface area contributed by atoms with Gasteiger partial charge in [0.1, 0.15) is 5.01 Å². The number of nitrogens with one attached hydrogen (secondary N) is 1. The van der Waals surface area contributed by atoms with Gasteiger partial charge in [0, 0.05) is 24.0 Å². The summed E-state index contributed by atoms with van der Waals surface area (Å²) in [4.78, 5) is 25.1. The number of hydrogen-bond donors (Lipinski definition) is 2. The molecule has 0 saturated carbocycles. The number of rotatable bonds is 3. The second-order valence-corrected chi connectivity index (χ2v) is 7.39. The van der Waals surface area contributed by atoms with Gasteiger partial charge in [0.15, 0.2) is 0 Å². The highest BCUT2D eigenvalue weighted by molar-refractivity contribution is 7.19. The highest BCUT2D eigenvalue weighted by Gasteiger charge is 2.32. The number of carbonyl (C=O) groups is 2. The van der Waals surface area contributed by atoms with Gasteiger partial charge >= 0.3 is 12.0 Å². The first-order valence-electron chi connectivity index (χ1n) is 7.17. The number of amides is 2. The van der Waals surface area contributed by atoms with E-state index >= 15 is 0 Å². The van der Waals surface area contributed by atoms with Gasteiger partial charge < -0.3 is 10.0 Å². The number of aliphatic carboxylic acids is 1. The summed E-state index contributed by atoms with van der Waals surface area (Å²) in [6, 6.07) is 1.62. The van der Waals surface area contributed by atoms with Gasteiger partial charge in [0.2, 0.25) is 5.13 Å². The maximum Gasteiger partial charge on any atom is 0.323 e. The second kappa shape index (κ2) is 6.63. The van der Waals surface area contributed by atoms with Gasteiger partial charge in [0.25, 0.3) is 0 Å². The summed E-state index contributed by atoms with van der Waals surface area (Å²) in [6.45, 7) is 2.72. The first-order chi connectivity index (χ1) is 11.0. The number of likely N-dealkylation sites (tertiary alicyclic amines) is 1. The predicted octanol–water partition coefficient (Wildman–Crippen LogP) is 2.84. The highest BCUT2D eigenvalue weighted by atomic mass is 32.1. The fourth-order valence-corrected chi connectivity index (χ4v) is 4.09. The lowest BCUT2D eigenvalue weighted by Gasteiger charge is -2.34. The van der Waals surface area contributed by atoms with Crippen LogP contribution in [0.1, 0.15) is 13.3 Å². The molecule has 2 atom stereocenters. The Balaban J connectivity index is 1.66. The van der Waals surface area contributed by atoms with E-state index in [9.17, 15) is 14.7 Å². The van der Waals surface area contributed by atoms with Crippen LogP contribution in [-0.2, 0) is 4.79 Å². The van der Waals surface area contributed by atoms with Crippen molar-refractivity contribution in [1.82, 2.24) is 15.1 Å². The van der Waals surface area contributed by atoms with Crippen molar-refractivity contribution in [2.75, 3.05) is 18.4 Å². The maximum atomic E-state index is 12.3. The zero-order chi connectivity index (χ0) is 16.4. The zero-order valence-electron chi connectivity index (χ0n) is 12.4. The molecule has 1 aliphatic rings. The summed E-state index contributed by atoms with van der Waals surface area (Å²) in [7, 11) is 0. The molecule has 1 aliphatic heterocycles. The molecule has 23 heavy (non-hydrogen) atoms. The van der Waals surface area contributed by atoms with Gasteiger partial charge in [-0.3, -0.25) is 10.1 Å². The number of thiophene rings is 1. The van der Waals surface area contributed by atoms with Crippen molar-refractivity contribution in [2.24, 2.45) is 11.8 Å². The molecule has 122 valence electrons. The van der Waals surface area contributed by atoms with Crippen LogP contribution in [0.25, 0.3) is 10.6 Å². The van der Waals surface area contributed by atoms with Gasteiger partial charge in [-0.05, 0) is 23.8 Å². The minimum absolute atomic E-state index is 0.159. The smallest absolute Gasteiger partial charge is 0.323 e. The SMILES string of the molecule is CC1CC(C(=O)O)CN(C(=O)Nc2nnc(-c3ccsc3)s2)C1. The molecule has 9 heteroatoms. The molecule has 2 N–H and O–H groups in total. The largest absolute Gasteiger partial charge is 0.481 e. The van der Waals surface area contributed by atoms with Crippen LogP contribution in [0.3, 0.4) is 0 Å². The molecule has 1 saturated heterocycles. The fourth-order valence-electron chi connectivity index (χ4n) is 2.64. The van der Waals surface area contributed by atoms with Gasteiger partial charge in [-0.2, -0.15) is 11.3 Å². The first-order valence-corrected chi connectivity index (χ1v) is 8.93. The van der Waals surface area contributed by atoms with E-state index in [1.165, 1.54) is 11.3 Å². The van der Waals surface area contributed by atoms with E-state index in [2.05, 4.69) is 15.5 Å². The fraction of sp³-hybridized carbons (Fsp3) is 0.429. The zero-order valence-corrected chi connectivity index (χ0v) is 14.1. The van der Waals surface area contributed by atoms with Crippen LogP contribution in [0.5, 0.6) is 0 Å². The lowest BCUT2D eigenvalue weighted by molar-refractivity contribution is -0.143. The number of anilines is 1. The molecule has 3 rings (SSSR count). The molecular weight excluding hydrogens is 336 g/mol. The molecule has 2 aromatic heterocycles. The Labute approximate surface area is 141 Å². The normalized spacial score (nSPS) is 21.2. The van der Waals surface area contributed by atoms with E-state index in [-0.39, 0.29) is 18.5 Å².